The van der Waals surface area contributed by atoms with Crippen molar-refractivity contribution in [1.29, 1.82) is 0 Å². The number of hydrogen-bond donors (Lipinski definition) is 1. The number of carbonyl (C=O) groups is 1. The van der Waals surface area contributed by atoms with Crippen LogP contribution in [0.5, 0.6) is 5.75 Å². The molecule has 3 nitrogen and oxygen atoms in total. The number of rotatable bonds is 3. The molecular weight excluding hydrogens is 309 g/mol. The van der Waals surface area contributed by atoms with Gasteiger partial charge in [-0.05, 0) is 23.8 Å². The minimum absolute atomic E-state index is 0.0175. The van der Waals surface area contributed by atoms with Crippen molar-refractivity contribution in [3.8, 4) is 16.9 Å². The lowest BCUT2D eigenvalue weighted by Gasteiger charge is -2.14. The number of benzene rings is 2. The first-order valence-corrected chi connectivity index (χ1v) is 6.04. The third kappa shape index (κ3) is 3.66. The summed E-state index contributed by atoms with van der Waals surface area (Å²) < 4.78 is 41.1. The molecule has 2 aromatic carbocycles. The van der Waals surface area contributed by atoms with Crippen molar-refractivity contribution in [2.45, 2.75) is 6.36 Å². The van der Waals surface area contributed by atoms with E-state index in [4.69, 9.17) is 16.7 Å². The molecule has 0 amide bonds. The zero-order valence-electron chi connectivity index (χ0n) is 10.3. The van der Waals surface area contributed by atoms with Crippen LogP contribution in [-0.4, -0.2) is 17.4 Å². The van der Waals surface area contributed by atoms with Crippen LogP contribution in [0.2, 0.25) is 5.02 Å². The minimum atomic E-state index is -4.87. The smallest absolute Gasteiger partial charge is 0.478 e. The molecule has 0 saturated heterocycles. The number of alkyl halides is 3. The average Bonchev–Trinajstić information content (AvgIpc) is 2.37. The molecule has 0 atom stereocenters. The first-order valence-electron chi connectivity index (χ1n) is 5.66. The van der Waals surface area contributed by atoms with Gasteiger partial charge in [0.15, 0.2) is 0 Å². The van der Waals surface area contributed by atoms with Crippen LogP contribution in [0.25, 0.3) is 11.1 Å². The molecule has 1 N–H and O–H groups in total. The minimum Gasteiger partial charge on any atom is -0.478 e. The third-order valence-corrected chi connectivity index (χ3v) is 2.85. The third-order valence-electron chi connectivity index (χ3n) is 2.61. The van der Waals surface area contributed by atoms with E-state index >= 15 is 0 Å². The highest BCUT2D eigenvalue weighted by Crippen LogP contribution is 2.36. The highest BCUT2D eigenvalue weighted by atomic mass is 35.5. The van der Waals surface area contributed by atoms with Gasteiger partial charge in [0.1, 0.15) is 5.75 Å². The Morgan fingerprint density at radius 2 is 1.76 bits per heavy atom. The molecule has 0 saturated carbocycles. The summed E-state index contributed by atoms with van der Waals surface area (Å²) in [6.45, 7) is 0. The first kappa shape index (κ1) is 15.2. The molecule has 2 rings (SSSR count). The van der Waals surface area contributed by atoms with Crippen LogP contribution in [-0.2, 0) is 0 Å². The molecule has 0 bridgehead atoms. The highest BCUT2D eigenvalue weighted by molar-refractivity contribution is 6.31. The maximum atomic E-state index is 12.4. The molecule has 0 aromatic heterocycles. The van der Waals surface area contributed by atoms with E-state index in [1.807, 2.05) is 0 Å². The summed E-state index contributed by atoms with van der Waals surface area (Å²) in [5.41, 5.74) is -0.101. The lowest BCUT2D eigenvalue weighted by Crippen LogP contribution is -2.17. The van der Waals surface area contributed by atoms with Crippen LogP contribution in [0.3, 0.4) is 0 Å². The molecule has 0 aliphatic carbocycles. The van der Waals surface area contributed by atoms with E-state index in [-0.39, 0.29) is 21.7 Å². The van der Waals surface area contributed by atoms with E-state index in [2.05, 4.69) is 4.74 Å². The fourth-order valence-corrected chi connectivity index (χ4v) is 2.00. The van der Waals surface area contributed by atoms with Gasteiger partial charge in [0, 0.05) is 10.6 Å². The Bertz CT molecular complexity index is 683. The van der Waals surface area contributed by atoms with Crippen molar-refractivity contribution < 1.29 is 27.8 Å². The van der Waals surface area contributed by atoms with Gasteiger partial charge in [0.25, 0.3) is 0 Å². The van der Waals surface area contributed by atoms with E-state index in [0.717, 1.165) is 6.07 Å². The highest BCUT2D eigenvalue weighted by Gasteiger charge is 2.32. The maximum Gasteiger partial charge on any atom is 0.573 e. The van der Waals surface area contributed by atoms with E-state index in [1.54, 1.807) is 0 Å². The van der Waals surface area contributed by atoms with E-state index in [0.29, 0.717) is 0 Å². The molecule has 21 heavy (non-hydrogen) atoms. The van der Waals surface area contributed by atoms with Crippen molar-refractivity contribution in [3.05, 3.63) is 53.1 Å². The summed E-state index contributed by atoms with van der Waals surface area (Å²) in [6.07, 6.45) is -4.87. The van der Waals surface area contributed by atoms with Crippen LogP contribution < -0.4 is 4.74 Å². The van der Waals surface area contributed by atoms with Gasteiger partial charge < -0.3 is 9.84 Å². The summed E-state index contributed by atoms with van der Waals surface area (Å²) in [6, 6.07) is 9.21. The SMILES string of the molecule is O=C(O)c1cc(Cl)ccc1-c1ccccc1OC(F)(F)F. The van der Waals surface area contributed by atoms with Crippen molar-refractivity contribution in [3.63, 3.8) is 0 Å². The quantitative estimate of drug-likeness (QED) is 0.900. The summed E-state index contributed by atoms with van der Waals surface area (Å²) in [5.74, 6) is -1.77. The molecule has 0 aliphatic heterocycles. The van der Waals surface area contributed by atoms with E-state index < -0.39 is 18.1 Å². The first-order chi connectivity index (χ1) is 9.78. The number of ether oxygens (including phenoxy) is 1. The molecular formula is C14H8ClF3O3. The molecule has 2 aromatic rings. The van der Waals surface area contributed by atoms with Crippen molar-refractivity contribution >= 4 is 17.6 Å². The van der Waals surface area contributed by atoms with Gasteiger partial charge in [0.2, 0.25) is 0 Å². The monoisotopic (exact) mass is 316 g/mol. The second kappa shape index (κ2) is 5.65. The number of para-hydroxylation sites is 1. The number of carboxylic acid groups (broad SMARTS) is 1. The van der Waals surface area contributed by atoms with E-state index in [1.165, 1.54) is 36.4 Å². The van der Waals surface area contributed by atoms with Gasteiger partial charge in [0.05, 0.1) is 5.56 Å². The Kier molecular flexibility index (Phi) is 4.09. The lowest BCUT2D eigenvalue weighted by molar-refractivity contribution is -0.274. The summed E-state index contributed by atoms with van der Waals surface area (Å²) in [7, 11) is 0. The summed E-state index contributed by atoms with van der Waals surface area (Å²) in [5, 5.41) is 9.32. The standard InChI is InChI=1S/C14H8ClF3O3/c15-8-5-6-9(11(7-8)13(19)20)10-3-1-2-4-12(10)21-14(16,17)18/h1-7H,(H,19,20). The normalized spacial score (nSPS) is 11.2. The Morgan fingerprint density at radius 1 is 1.10 bits per heavy atom. The van der Waals surface area contributed by atoms with Crippen LogP contribution in [0.1, 0.15) is 10.4 Å². The summed E-state index contributed by atoms with van der Waals surface area (Å²) in [4.78, 5) is 11.2. The van der Waals surface area contributed by atoms with Gasteiger partial charge in [-0.3, -0.25) is 0 Å². The fraction of sp³-hybridized carbons (Fsp3) is 0.0714. The van der Waals surface area contributed by atoms with Crippen molar-refractivity contribution in [2.24, 2.45) is 0 Å². The van der Waals surface area contributed by atoms with Gasteiger partial charge in [-0.1, -0.05) is 35.9 Å². The number of hydrogen-bond acceptors (Lipinski definition) is 2. The van der Waals surface area contributed by atoms with Gasteiger partial charge in [-0.25, -0.2) is 4.79 Å². The fourth-order valence-electron chi connectivity index (χ4n) is 1.83. The predicted octanol–water partition coefficient (Wildman–Crippen LogP) is 4.60. The molecule has 110 valence electrons. The molecule has 7 heteroatoms. The zero-order valence-corrected chi connectivity index (χ0v) is 11.1. The molecule has 0 heterocycles. The topological polar surface area (TPSA) is 46.5 Å². The van der Waals surface area contributed by atoms with Crippen LogP contribution in [0.15, 0.2) is 42.5 Å². The second-order valence-electron chi connectivity index (χ2n) is 4.04. The van der Waals surface area contributed by atoms with Crippen molar-refractivity contribution in [1.82, 2.24) is 0 Å². The molecule has 0 radical (unpaired) electrons. The second-order valence-corrected chi connectivity index (χ2v) is 4.48. The van der Waals surface area contributed by atoms with Gasteiger partial charge in [-0.2, -0.15) is 0 Å². The van der Waals surface area contributed by atoms with E-state index in [9.17, 15) is 18.0 Å². The Morgan fingerprint density at radius 3 is 2.38 bits per heavy atom. The predicted molar refractivity (Wildman–Crippen MR) is 70.5 cm³/mol. The number of aromatic carboxylic acids is 1. The summed E-state index contributed by atoms with van der Waals surface area (Å²) >= 11 is 5.72. The number of carboxylic acids is 1. The van der Waals surface area contributed by atoms with Crippen molar-refractivity contribution in [2.75, 3.05) is 0 Å². The van der Waals surface area contributed by atoms with Crippen LogP contribution in [0.4, 0.5) is 13.2 Å². The zero-order chi connectivity index (χ0) is 15.6. The Labute approximate surface area is 122 Å². The molecule has 0 fully saturated rings. The Balaban J connectivity index is 2.60. The molecule has 0 aliphatic rings. The maximum absolute atomic E-state index is 12.4. The average molecular weight is 317 g/mol. The molecule has 0 spiro atoms. The lowest BCUT2D eigenvalue weighted by atomic mass is 9.99. The van der Waals surface area contributed by atoms with Crippen LogP contribution in [0, 0.1) is 0 Å². The van der Waals surface area contributed by atoms with Gasteiger partial charge in [-0.15, -0.1) is 13.2 Å². The largest absolute Gasteiger partial charge is 0.573 e. The molecule has 0 unspecified atom stereocenters. The van der Waals surface area contributed by atoms with Gasteiger partial charge >= 0.3 is 12.3 Å². The number of halogens is 4. The Hall–Kier alpha value is -2.21. The van der Waals surface area contributed by atoms with Crippen LogP contribution >= 0.6 is 11.6 Å².